The molecule has 0 bridgehead atoms. The van der Waals surface area contributed by atoms with Crippen molar-refractivity contribution in [2.24, 2.45) is 0 Å². The molecular formula is C22H23N3O6. The summed E-state index contributed by atoms with van der Waals surface area (Å²) in [6.45, 7) is 1.92. The quantitative estimate of drug-likeness (QED) is 0.380. The van der Waals surface area contributed by atoms with Crippen molar-refractivity contribution in [2.45, 2.75) is 18.9 Å². The number of benzene rings is 2. The van der Waals surface area contributed by atoms with E-state index in [0.717, 1.165) is 16.3 Å². The number of carbonyl (C=O) groups excluding carboxylic acids is 1. The zero-order valence-electron chi connectivity index (χ0n) is 17.0. The summed E-state index contributed by atoms with van der Waals surface area (Å²) >= 11 is 0. The van der Waals surface area contributed by atoms with Gasteiger partial charge in [-0.15, -0.1) is 0 Å². The van der Waals surface area contributed by atoms with Crippen molar-refractivity contribution in [1.29, 1.82) is 0 Å². The van der Waals surface area contributed by atoms with E-state index >= 15 is 0 Å². The highest BCUT2D eigenvalue weighted by Crippen LogP contribution is 2.33. The molecule has 0 spiro atoms. The van der Waals surface area contributed by atoms with Crippen LogP contribution in [0.4, 0.5) is 0 Å². The first kappa shape index (κ1) is 23.3. The van der Waals surface area contributed by atoms with E-state index in [4.69, 9.17) is 10.2 Å². The minimum absolute atomic E-state index is 0.113. The van der Waals surface area contributed by atoms with Crippen molar-refractivity contribution in [2.75, 3.05) is 7.05 Å². The number of aromatic nitrogens is 2. The number of H-pyrrole nitrogens is 1. The Morgan fingerprint density at radius 1 is 1.06 bits per heavy atom. The number of rotatable bonds is 6. The number of nitrogens with one attached hydrogen (secondary N) is 2. The van der Waals surface area contributed by atoms with Crippen LogP contribution in [0.25, 0.3) is 10.8 Å². The predicted octanol–water partition coefficient (Wildman–Crippen LogP) is 2.28. The van der Waals surface area contributed by atoms with E-state index in [9.17, 15) is 19.5 Å². The number of fused-ring (bicyclic) bond motifs is 1. The summed E-state index contributed by atoms with van der Waals surface area (Å²) in [5.41, 5.74) is 0.868. The third kappa shape index (κ3) is 5.77. The highest BCUT2D eigenvalue weighted by molar-refractivity contribution is 5.98. The lowest BCUT2D eigenvalue weighted by atomic mass is 9.87. The van der Waals surface area contributed by atoms with Crippen LogP contribution < -0.4 is 5.32 Å². The van der Waals surface area contributed by atoms with E-state index in [-0.39, 0.29) is 5.91 Å². The van der Waals surface area contributed by atoms with E-state index in [0.29, 0.717) is 29.8 Å². The molecule has 9 nitrogen and oxygen atoms in total. The summed E-state index contributed by atoms with van der Waals surface area (Å²) in [5, 5.41) is 31.2. The zero-order chi connectivity index (χ0) is 23.0. The van der Waals surface area contributed by atoms with Crippen LogP contribution in [0.3, 0.4) is 0 Å². The first-order valence-electron chi connectivity index (χ1n) is 9.33. The minimum Gasteiger partial charge on any atom is -0.478 e. The zero-order valence-corrected chi connectivity index (χ0v) is 17.0. The molecule has 9 heteroatoms. The number of carboxylic acids is 2. The van der Waals surface area contributed by atoms with Crippen LogP contribution in [-0.2, 0) is 15.2 Å². The fraction of sp³-hybridized carbons (Fsp3) is 0.182. The maximum Gasteiger partial charge on any atom is 0.328 e. The molecule has 5 N–H and O–H groups in total. The molecule has 0 aliphatic carbocycles. The first-order chi connectivity index (χ1) is 14.7. The van der Waals surface area contributed by atoms with E-state index in [1.54, 1.807) is 25.6 Å². The van der Waals surface area contributed by atoms with Gasteiger partial charge in [-0.1, -0.05) is 25.1 Å². The first-order valence-corrected chi connectivity index (χ1v) is 9.33. The summed E-state index contributed by atoms with van der Waals surface area (Å²) in [5.74, 6) is -2.63. The van der Waals surface area contributed by atoms with Gasteiger partial charge in [0, 0.05) is 31.0 Å². The smallest absolute Gasteiger partial charge is 0.328 e. The molecule has 1 heterocycles. The highest BCUT2D eigenvalue weighted by Gasteiger charge is 2.31. The molecule has 1 atom stereocenters. The lowest BCUT2D eigenvalue weighted by Gasteiger charge is -2.25. The van der Waals surface area contributed by atoms with Crippen molar-refractivity contribution in [3.63, 3.8) is 0 Å². The largest absolute Gasteiger partial charge is 0.478 e. The summed E-state index contributed by atoms with van der Waals surface area (Å²) in [6, 6.07) is 11.3. The summed E-state index contributed by atoms with van der Waals surface area (Å²) in [6.07, 6.45) is 4.90. The van der Waals surface area contributed by atoms with Gasteiger partial charge in [0.05, 0.1) is 12.0 Å². The van der Waals surface area contributed by atoms with Crippen molar-refractivity contribution < 1.29 is 29.7 Å². The van der Waals surface area contributed by atoms with E-state index in [2.05, 4.69) is 15.3 Å². The Morgan fingerprint density at radius 2 is 1.68 bits per heavy atom. The van der Waals surface area contributed by atoms with Crippen molar-refractivity contribution in [1.82, 2.24) is 15.3 Å². The number of carboxylic acid groups (broad SMARTS) is 2. The summed E-state index contributed by atoms with van der Waals surface area (Å²) in [7, 11) is 1.61. The molecule has 162 valence electrons. The van der Waals surface area contributed by atoms with Gasteiger partial charge in [0.2, 0.25) is 0 Å². The maximum absolute atomic E-state index is 11.7. The van der Waals surface area contributed by atoms with Gasteiger partial charge in [-0.3, -0.25) is 4.79 Å². The van der Waals surface area contributed by atoms with Crippen LogP contribution in [0.1, 0.15) is 35.0 Å². The van der Waals surface area contributed by atoms with Gasteiger partial charge < -0.3 is 25.6 Å². The SMILES string of the molecule is CC[C@](O)(c1ccc2cc(C(=O)NC)ccc2c1)c1c[nH]cn1.O=C(O)C=CC(=O)O. The molecule has 0 aliphatic heterocycles. The maximum atomic E-state index is 11.7. The van der Waals surface area contributed by atoms with Crippen LogP contribution in [0.2, 0.25) is 0 Å². The average molecular weight is 425 g/mol. The Balaban J connectivity index is 0.000000366. The van der Waals surface area contributed by atoms with Crippen LogP contribution in [0.5, 0.6) is 0 Å². The summed E-state index contributed by atoms with van der Waals surface area (Å²) in [4.78, 5) is 37.9. The highest BCUT2D eigenvalue weighted by atomic mass is 16.4. The van der Waals surface area contributed by atoms with E-state index in [1.807, 2.05) is 37.3 Å². The van der Waals surface area contributed by atoms with Gasteiger partial charge in [0.15, 0.2) is 0 Å². The molecule has 1 amide bonds. The lowest BCUT2D eigenvalue weighted by molar-refractivity contribution is -0.134. The number of aliphatic hydroxyl groups is 1. The number of aromatic amines is 1. The average Bonchev–Trinajstić information content (AvgIpc) is 3.32. The number of hydrogen-bond donors (Lipinski definition) is 5. The normalized spacial score (nSPS) is 12.6. The molecule has 0 unspecified atom stereocenters. The predicted molar refractivity (Wildman–Crippen MR) is 114 cm³/mol. The second-order valence-electron chi connectivity index (χ2n) is 6.53. The molecule has 0 radical (unpaired) electrons. The van der Waals surface area contributed by atoms with Crippen LogP contribution in [0, 0.1) is 0 Å². The molecule has 0 saturated carbocycles. The van der Waals surface area contributed by atoms with Gasteiger partial charge >= 0.3 is 11.9 Å². The van der Waals surface area contributed by atoms with Gasteiger partial charge in [-0.25, -0.2) is 14.6 Å². The molecule has 3 aromatic rings. The molecule has 0 aliphatic rings. The van der Waals surface area contributed by atoms with Gasteiger partial charge in [-0.2, -0.15) is 0 Å². The van der Waals surface area contributed by atoms with Crippen molar-refractivity contribution >= 4 is 28.6 Å². The number of amides is 1. The molecule has 3 rings (SSSR count). The number of hydrogen-bond acceptors (Lipinski definition) is 5. The fourth-order valence-corrected chi connectivity index (χ4v) is 2.95. The standard InChI is InChI=1S/C18H19N3O2.C4H4O4/c1-3-18(23,16-10-20-11-21-16)15-7-6-12-8-14(17(22)19-2)5-4-13(12)9-15;5-3(6)1-2-4(7)8/h4-11,23H,3H2,1-2H3,(H,19,22)(H,20,21);1-2H,(H,5,6)(H,7,8)/t18-;/m0./s1. The van der Waals surface area contributed by atoms with Crippen molar-refractivity contribution in [3.8, 4) is 0 Å². The Morgan fingerprint density at radius 3 is 2.19 bits per heavy atom. The Labute approximate surface area is 178 Å². The van der Waals surface area contributed by atoms with Crippen LogP contribution in [-0.4, -0.2) is 50.2 Å². The Hall–Kier alpha value is -3.98. The van der Waals surface area contributed by atoms with Gasteiger partial charge in [0.25, 0.3) is 5.91 Å². The fourth-order valence-electron chi connectivity index (χ4n) is 2.95. The Bertz CT molecular complexity index is 1090. The van der Waals surface area contributed by atoms with Gasteiger partial charge in [-0.05, 0) is 41.0 Å². The minimum atomic E-state index is -1.26. The van der Waals surface area contributed by atoms with Gasteiger partial charge in [0.1, 0.15) is 5.60 Å². The number of imidazole rings is 1. The second-order valence-corrected chi connectivity index (χ2v) is 6.53. The molecule has 2 aromatic carbocycles. The third-order valence-corrected chi connectivity index (χ3v) is 4.61. The van der Waals surface area contributed by atoms with Crippen LogP contribution in [0.15, 0.2) is 61.1 Å². The number of nitrogens with zero attached hydrogens (tertiary/aromatic N) is 1. The third-order valence-electron chi connectivity index (χ3n) is 4.61. The molecule has 0 fully saturated rings. The monoisotopic (exact) mass is 425 g/mol. The topological polar surface area (TPSA) is 153 Å². The molecule has 31 heavy (non-hydrogen) atoms. The molecule has 1 aromatic heterocycles. The molecular weight excluding hydrogens is 402 g/mol. The number of carbonyl (C=O) groups is 3. The van der Waals surface area contributed by atoms with E-state index < -0.39 is 17.5 Å². The Kier molecular flexibility index (Phi) is 7.64. The number of aliphatic carboxylic acids is 2. The second kappa shape index (κ2) is 10.2. The van der Waals surface area contributed by atoms with E-state index in [1.165, 1.54) is 0 Å². The van der Waals surface area contributed by atoms with Crippen molar-refractivity contribution in [3.05, 3.63) is 77.9 Å². The van der Waals surface area contributed by atoms with Crippen LogP contribution >= 0.6 is 0 Å². The summed E-state index contributed by atoms with van der Waals surface area (Å²) < 4.78 is 0. The lowest BCUT2D eigenvalue weighted by Crippen LogP contribution is -2.26. The molecule has 0 saturated heterocycles.